The molecule has 0 bridgehead atoms. The third-order valence-corrected chi connectivity index (χ3v) is 3.53. The third-order valence-electron chi connectivity index (χ3n) is 2.10. The van der Waals surface area contributed by atoms with E-state index >= 15 is 0 Å². The summed E-state index contributed by atoms with van der Waals surface area (Å²) >= 11 is 2.04. The van der Waals surface area contributed by atoms with E-state index in [1.807, 2.05) is 17.8 Å². The van der Waals surface area contributed by atoms with Crippen molar-refractivity contribution in [1.29, 1.82) is 0 Å². The van der Waals surface area contributed by atoms with Crippen LogP contribution in [0.4, 0.5) is 0 Å². The number of allylic oxidation sites excluding steroid dienone is 1. The summed E-state index contributed by atoms with van der Waals surface area (Å²) in [5.41, 5.74) is 0. The van der Waals surface area contributed by atoms with Crippen LogP contribution >= 0.6 is 11.8 Å². The Morgan fingerprint density at radius 2 is 2.46 bits per heavy atom. The molecule has 74 valence electrons. The molecule has 1 aliphatic rings. The molecule has 1 rings (SSSR count). The van der Waals surface area contributed by atoms with E-state index in [2.05, 4.69) is 10.8 Å². The summed E-state index contributed by atoms with van der Waals surface area (Å²) in [5.74, 6) is 1.14. The first kappa shape index (κ1) is 10.6. The summed E-state index contributed by atoms with van der Waals surface area (Å²) in [6.07, 6.45) is 8.19. The van der Waals surface area contributed by atoms with E-state index < -0.39 is 0 Å². The summed E-state index contributed by atoms with van der Waals surface area (Å²) in [6.45, 7) is 0. The SMILES string of the molecule is COC(=O)C/C=C\CC1CCCS1. The zero-order chi connectivity index (χ0) is 9.52. The largest absolute Gasteiger partial charge is 0.469 e. The van der Waals surface area contributed by atoms with Crippen LogP contribution in [0.3, 0.4) is 0 Å². The average Bonchev–Trinajstić information content (AvgIpc) is 2.64. The third kappa shape index (κ3) is 4.36. The molecule has 1 saturated heterocycles. The maximum absolute atomic E-state index is 10.7. The van der Waals surface area contributed by atoms with Crippen molar-refractivity contribution in [2.75, 3.05) is 12.9 Å². The Bertz CT molecular complexity index is 183. The lowest BCUT2D eigenvalue weighted by molar-refractivity contribution is -0.139. The van der Waals surface area contributed by atoms with Crippen LogP contribution in [0.5, 0.6) is 0 Å². The maximum atomic E-state index is 10.7. The van der Waals surface area contributed by atoms with Gasteiger partial charge in [-0.15, -0.1) is 0 Å². The van der Waals surface area contributed by atoms with Gasteiger partial charge < -0.3 is 4.74 Å². The van der Waals surface area contributed by atoms with Crippen LogP contribution in [-0.2, 0) is 9.53 Å². The summed E-state index contributed by atoms with van der Waals surface area (Å²) in [5, 5.41) is 0.786. The molecule has 1 fully saturated rings. The molecule has 1 heterocycles. The highest BCUT2D eigenvalue weighted by Gasteiger charge is 2.13. The van der Waals surface area contributed by atoms with E-state index in [0.29, 0.717) is 6.42 Å². The van der Waals surface area contributed by atoms with E-state index in [4.69, 9.17) is 0 Å². The first-order valence-corrected chi connectivity index (χ1v) is 5.71. The second kappa shape index (κ2) is 6.08. The number of carbonyl (C=O) groups excluding carboxylic acids is 1. The van der Waals surface area contributed by atoms with Gasteiger partial charge in [-0.05, 0) is 25.0 Å². The molecule has 0 aromatic heterocycles. The Hall–Kier alpha value is -0.440. The lowest BCUT2D eigenvalue weighted by atomic mass is 10.2. The lowest BCUT2D eigenvalue weighted by Gasteiger charge is -2.02. The van der Waals surface area contributed by atoms with Crippen LogP contribution in [0.15, 0.2) is 12.2 Å². The van der Waals surface area contributed by atoms with Gasteiger partial charge in [0, 0.05) is 5.25 Å². The number of hydrogen-bond donors (Lipinski definition) is 0. The molecular formula is C10H16O2S. The average molecular weight is 200 g/mol. The molecule has 13 heavy (non-hydrogen) atoms. The monoisotopic (exact) mass is 200 g/mol. The van der Waals surface area contributed by atoms with Crippen molar-refractivity contribution in [3.8, 4) is 0 Å². The normalized spacial score (nSPS) is 22.4. The van der Waals surface area contributed by atoms with Gasteiger partial charge in [0.2, 0.25) is 0 Å². The van der Waals surface area contributed by atoms with E-state index in [1.165, 1.54) is 25.7 Å². The number of esters is 1. The van der Waals surface area contributed by atoms with Crippen molar-refractivity contribution in [2.45, 2.75) is 30.9 Å². The fourth-order valence-electron chi connectivity index (χ4n) is 1.34. The molecule has 0 aromatic carbocycles. The fraction of sp³-hybridized carbons (Fsp3) is 0.700. The lowest BCUT2D eigenvalue weighted by Crippen LogP contribution is -1.97. The highest BCUT2D eigenvalue weighted by molar-refractivity contribution is 8.00. The van der Waals surface area contributed by atoms with Crippen molar-refractivity contribution in [3.63, 3.8) is 0 Å². The Labute approximate surface area is 83.7 Å². The quantitative estimate of drug-likeness (QED) is 0.515. The van der Waals surface area contributed by atoms with Gasteiger partial charge in [0.15, 0.2) is 0 Å². The van der Waals surface area contributed by atoms with Gasteiger partial charge >= 0.3 is 5.97 Å². The van der Waals surface area contributed by atoms with Gasteiger partial charge in [0.25, 0.3) is 0 Å². The van der Waals surface area contributed by atoms with Gasteiger partial charge in [-0.2, -0.15) is 11.8 Å². The van der Waals surface area contributed by atoms with Crippen LogP contribution < -0.4 is 0 Å². The molecule has 0 aromatic rings. The molecule has 0 spiro atoms. The standard InChI is InChI=1S/C10H16O2S/c1-12-10(11)7-3-2-5-9-6-4-8-13-9/h2-3,9H,4-8H2,1H3/b3-2-. The zero-order valence-electron chi connectivity index (χ0n) is 7.99. The Balaban J connectivity index is 2.06. The van der Waals surface area contributed by atoms with Gasteiger partial charge in [-0.1, -0.05) is 12.2 Å². The fourth-order valence-corrected chi connectivity index (χ4v) is 2.59. The van der Waals surface area contributed by atoms with Crippen LogP contribution in [-0.4, -0.2) is 24.1 Å². The Kier molecular flexibility index (Phi) is 4.98. The van der Waals surface area contributed by atoms with Gasteiger partial charge in [0.05, 0.1) is 13.5 Å². The van der Waals surface area contributed by atoms with Gasteiger partial charge in [-0.3, -0.25) is 4.79 Å². The first-order valence-electron chi connectivity index (χ1n) is 4.66. The summed E-state index contributed by atoms with van der Waals surface area (Å²) in [6, 6.07) is 0. The number of hydrogen-bond acceptors (Lipinski definition) is 3. The highest BCUT2D eigenvalue weighted by Crippen LogP contribution is 2.28. The molecule has 2 nitrogen and oxygen atoms in total. The molecule has 3 heteroatoms. The first-order chi connectivity index (χ1) is 6.33. The summed E-state index contributed by atoms with van der Waals surface area (Å²) in [7, 11) is 1.42. The van der Waals surface area contributed by atoms with Crippen molar-refractivity contribution < 1.29 is 9.53 Å². The molecule has 1 unspecified atom stereocenters. The van der Waals surface area contributed by atoms with Crippen LogP contribution in [0.1, 0.15) is 25.7 Å². The Morgan fingerprint density at radius 3 is 3.08 bits per heavy atom. The van der Waals surface area contributed by atoms with E-state index in [-0.39, 0.29) is 5.97 Å². The van der Waals surface area contributed by atoms with Gasteiger partial charge in [-0.25, -0.2) is 0 Å². The molecule has 0 N–H and O–H groups in total. The molecule has 0 radical (unpaired) electrons. The maximum Gasteiger partial charge on any atom is 0.309 e. The number of carbonyl (C=O) groups is 1. The predicted molar refractivity (Wildman–Crippen MR) is 55.9 cm³/mol. The minimum absolute atomic E-state index is 0.157. The summed E-state index contributed by atoms with van der Waals surface area (Å²) < 4.78 is 4.53. The summed E-state index contributed by atoms with van der Waals surface area (Å²) in [4.78, 5) is 10.7. The van der Waals surface area contributed by atoms with Crippen LogP contribution in [0.25, 0.3) is 0 Å². The molecule has 0 saturated carbocycles. The minimum Gasteiger partial charge on any atom is -0.469 e. The number of thioether (sulfide) groups is 1. The number of ether oxygens (including phenoxy) is 1. The zero-order valence-corrected chi connectivity index (χ0v) is 8.81. The van der Waals surface area contributed by atoms with Crippen molar-refractivity contribution in [2.24, 2.45) is 0 Å². The van der Waals surface area contributed by atoms with E-state index in [1.54, 1.807) is 0 Å². The highest BCUT2D eigenvalue weighted by atomic mass is 32.2. The number of rotatable bonds is 4. The smallest absolute Gasteiger partial charge is 0.309 e. The van der Waals surface area contributed by atoms with E-state index in [0.717, 1.165) is 11.7 Å². The second-order valence-electron chi connectivity index (χ2n) is 3.12. The molecule has 0 aliphatic carbocycles. The molecule has 0 amide bonds. The van der Waals surface area contributed by atoms with Crippen LogP contribution in [0.2, 0.25) is 0 Å². The van der Waals surface area contributed by atoms with Crippen molar-refractivity contribution in [1.82, 2.24) is 0 Å². The molecule has 1 aliphatic heterocycles. The van der Waals surface area contributed by atoms with Crippen molar-refractivity contribution in [3.05, 3.63) is 12.2 Å². The van der Waals surface area contributed by atoms with Crippen molar-refractivity contribution >= 4 is 17.7 Å². The second-order valence-corrected chi connectivity index (χ2v) is 4.53. The van der Waals surface area contributed by atoms with Gasteiger partial charge in [0.1, 0.15) is 0 Å². The number of methoxy groups -OCH3 is 1. The molecule has 1 atom stereocenters. The topological polar surface area (TPSA) is 26.3 Å². The molecular weight excluding hydrogens is 184 g/mol. The Morgan fingerprint density at radius 1 is 1.62 bits per heavy atom. The predicted octanol–water partition coefficient (Wildman–Crippen LogP) is 2.39. The van der Waals surface area contributed by atoms with Crippen LogP contribution in [0, 0.1) is 0 Å². The van der Waals surface area contributed by atoms with E-state index in [9.17, 15) is 4.79 Å². The minimum atomic E-state index is -0.157.